The Hall–Kier alpha value is -1.96. The van der Waals surface area contributed by atoms with Crippen LogP contribution < -0.4 is 5.32 Å². The van der Waals surface area contributed by atoms with Crippen LogP contribution >= 0.6 is 23.4 Å². The lowest BCUT2D eigenvalue weighted by molar-refractivity contribution is -0.113. The summed E-state index contributed by atoms with van der Waals surface area (Å²) >= 11 is 7.39. The number of anilines is 1. The number of amides is 1. The van der Waals surface area contributed by atoms with E-state index >= 15 is 0 Å². The minimum absolute atomic E-state index is 0.134. The average molecular weight is 303 g/mol. The average Bonchev–Trinajstić information content (AvgIpc) is 2.46. The molecule has 5 heteroatoms. The summed E-state index contributed by atoms with van der Waals surface area (Å²) in [7, 11) is 0. The van der Waals surface area contributed by atoms with Gasteiger partial charge in [-0.3, -0.25) is 4.79 Å². The summed E-state index contributed by atoms with van der Waals surface area (Å²) in [6.45, 7) is 0. The van der Waals surface area contributed by atoms with E-state index in [1.807, 2.05) is 24.3 Å². The molecule has 0 aliphatic heterocycles. The van der Waals surface area contributed by atoms with Gasteiger partial charge in [-0.05, 0) is 30.3 Å². The van der Waals surface area contributed by atoms with Crippen molar-refractivity contribution in [2.75, 3.05) is 11.1 Å². The number of benzene rings is 2. The largest absolute Gasteiger partial charge is 0.325 e. The first-order chi connectivity index (χ1) is 9.69. The van der Waals surface area contributed by atoms with Gasteiger partial charge in [0.25, 0.3) is 0 Å². The van der Waals surface area contributed by atoms with Crippen LogP contribution in [0.25, 0.3) is 0 Å². The monoisotopic (exact) mass is 302 g/mol. The summed E-state index contributed by atoms with van der Waals surface area (Å²) < 4.78 is 0. The Morgan fingerprint density at radius 2 is 2.05 bits per heavy atom. The van der Waals surface area contributed by atoms with Crippen molar-refractivity contribution in [3.8, 4) is 6.07 Å². The number of carbonyl (C=O) groups is 1. The van der Waals surface area contributed by atoms with Gasteiger partial charge in [0.2, 0.25) is 5.91 Å². The number of nitrogens with one attached hydrogen (secondary N) is 1. The molecule has 0 aliphatic carbocycles. The van der Waals surface area contributed by atoms with E-state index in [1.54, 1.807) is 30.3 Å². The Morgan fingerprint density at radius 1 is 1.25 bits per heavy atom. The summed E-state index contributed by atoms with van der Waals surface area (Å²) in [6, 6.07) is 16.2. The molecule has 0 fully saturated rings. The minimum Gasteiger partial charge on any atom is -0.325 e. The molecule has 0 aromatic heterocycles. The Labute approximate surface area is 126 Å². The zero-order valence-corrected chi connectivity index (χ0v) is 12.0. The van der Waals surface area contributed by atoms with Crippen LogP contribution in [0.4, 0.5) is 5.69 Å². The van der Waals surface area contributed by atoms with E-state index in [0.29, 0.717) is 16.3 Å². The quantitative estimate of drug-likeness (QED) is 0.870. The number of hydrogen-bond donors (Lipinski definition) is 1. The molecular formula is C15H11ClN2OS. The lowest BCUT2D eigenvalue weighted by Crippen LogP contribution is -2.14. The minimum atomic E-state index is -0.134. The first-order valence-electron chi connectivity index (χ1n) is 5.86. The number of thioether (sulfide) groups is 1. The molecule has 0 heterocycles. The van der Waals surface area contributed by atoms with Gasteiger partial charge in [0.1, 0.15) is 0 Å². The van der Waals surface area contributed by atoms with Crippen LogP contribution in [0.1, 0.15) is 5.56 Å². The van der Waals surface area contributed by atoms with Crippen molar-refractivity contribution < 1.29 is 4.79 Å². The molecule has 0 saturated carbocycles. The third kappa shape index (κ3) is 4.02. The van der Waals surface area contributed by atoms with Crippen LogP contribution in [0.15, 0.2) is 53.4 Å². The summed E-state index contributed by atoms with van der Waals surface area (Å²) in [5.74, 6) is 0.130. The SMILES string of the molecule is N#Cc1cccc(NC(=O)CSc2ccccc2Cl)c1. The molecule has 2 aromatic rings. The Bertz CT molecular complexity index is 667. The number of rotatable bonds is 4. The maximum atomic E-state index is 11.8. The van der Waals surface area contributed by atoms with Crippen LogP contribution in [0.3, 0.4) is 0 Å². The van der Waals surface area contributed by atoms with Gasteiger partial charge in [-0.1, -0.05) is 29.8 Å². The molecule has 0 atom stereocenters. The van der Waals surface area contributed by atoms with E-state index in [9.17, 15) is 4.79 Å². The summed E-state index contributed by atoms with van der Waals surface area (Å²) in [6.07, 6.45) is 0. The Kier molecular flexibility index (Phi) is 5.05. The van der Waals surface area contributed by atoms with Gasteiger partial charge in [0.15, 0.2) is 0 Å². The second-order valence-electron chi connectivity index (χ2n) is 3.96. The van der Waals surface area contributed by atoms with Gasteiger partial charge in [0.05, 0.1) is 22.4 Å². The molecule has 0 bridgehead atoms. The number of nitriles is 1. The zero-order valence-electron chi connectivity index (χ0n) is 10.5. The summed E-state index contributed by atoms with van der Waals surface area (Å²) in [5.41, 5.74) is 1.13. The van der Waals surface area contributed by atoms with E-state index in [1.165, 1.54) is 11.8 Å². The van der Waals surface area contributed by atoms with Crippen molar-refractivity contribution in [1.29, 1.82) is 5.26 Å². The Morgan fingerprint density at radius 3 is 2.80 bits per heavy atom. The lowest BCUT2D eigenvalue weighted by Gasteiger charge is -2.06. The zero-order chi connectivity index (χ0) is 14.4. The third-order valence-electron chi connectivity index (χ3n) is 2.47. The fourth-order valence-corrected chi connectivity index (χ4v) is 2.61. The van der Waals surface area contributed by atoms with Crippen LogP contribution in [-0.2, 0) is 4.79 Å². The van der Waals surface area contributed by atoms with Gasteiger partial charge in [-0.2, -0.15) is 5.26 Å². The molecule has 1 N–H and O–H groups in total. The predicted octanol–water partition coefficient (Wildman–Crippen LogP) is 3.94. The number of carbonyl (C=O) groups excluding carboxylic acids is 1. The maximum absolute atomic E-state index is 11.8. The molecule has 3 nitrogen and oxygen atoms in total. The molecule has 2 aromatic carbocycles. The van der Waals surface area contributed by atoms with Crippen molar-refractivity contribution in [3.05, 3.63) is 59.1 Å². The van der Waals surface area contributed by atoms with Crippen LogP contribution in [0, 0.1) is 11.3 Å². The predicted molar refractivity (Wildman–Crippen MR) is 82.0 cm³/mol. The van der Waals surface area contributed by atoms with E-state index in [0.717, 1.165) is 4.90 Å². The van der Waals surface area contributed by atoms with Crippen molar-refractivity contribution in [2.24, 2.45) is 0 Å². The van der Waals surface area contributed by atoms with Crippen LogP contribution in [-0.4, -0.2) is 11.7 Å². The normalized spacial score (nSPS) is 9.80. The first-order valence-corrected chi connectivity index (χ1v) is 7.23. The molecule has 0 unspecified atom stereocenters. The van der Waals surface area contributed by atoms with Gasteiger partial charge >= 0.3 is 0 Å². The topological polar surface area (TPSA) is 52.9 Å². The number of halogens is 1. The summed E-state index contributed by atoms with van der Waals surface area (Å²) in [4.78, 5) is 12.7. The highest BCUT2D eigenvalue weighted by Gasteiger charge is 2.06. The van der Waals surface area contributed by atoms with Gasteiger partial charge in [-0.25, -0.2) is 0 Å². The van der Waals surface area contributed by atoms with Crippen LogP contribution in [0.5, 0.6) is 0 Å². The lowest BCUT2D eigenvalue weighted by atomic mass is 10.2. The summed E-state index contributed by atoms with van der Waals surface area (Å²) in [5, 5.41) is 12.2. The van der Waals surface area contributed by atoms with Gasteiger partial charge in [0, 0.05) is 10.6 Å². The molecular weight excluding hydrogens is 292 g/mol. The molecule has 100 valence electrons. The molecule has 20 heavy (non-hydrogen) atoms. The van der Waals surface area contributed by atoms with E-state index < -0.39 is 0 Å². The van der Waals surface area contributed by atoms with Crippen LogP contribution in [0.2, 0.25) is 5.02 Å². The molecule has 0 spiro atoms. The second kappa shape index (κ2) is 6.99. The molecule has 0 radical (unpaired) electrons. The molecule has 0 saturated heterocycles. The second-order valence-corrected chi connectivity index (χ2v) is 5.38. The van der Waals surface area contributed by atoms with E-state index in [4.69, 9.17) is 16.9 Å². The first kappa shape index (κ1) is 14.4. The van der Waals surface area contributed by atoms with Gasteiger partial charge in [-0.15, -0.1) is 11.8 Å². The third-order valence-corrected chi connectivity index (χ3v) is 3.99. The van der Waals surface area contributed by atoms with Gasteiger partial charge < -0.3 is 5.32 Å². The fraction of sp³-hybridized carbons (Fsp3) is 0.0667. The van der Waals surface area contributed by atoms with Crippen molar-refractivity contribution >= 4 is 35.0 Å². The highest BCUT2D eigenvalue weighted by atomic mass is 35.5. The fourth-order valence-electron chi connectivity index (χ4n) is 1.57. The van der Waals surface area contributed by atoms with Crippen molar-refractivity contribution in [3.63, 3.8) is 0 Å². The number of nitrogens with zero attached hydrogens (tertiary/aromatic N) is 1. The standard InChI is InChI=1S/C15H11ClN2OS/c16-13-6-1-2-7-14(13)20-10-15(19)18-12-5-3-4-11(8-12)9-17/h1-8H,10H2,(H,18,19). The Balaban J connectivity index is 1.93. The molecule has 0 aliphatic rings. The van der Waals surface area contributed by atoms with Crippen molar-refractivity contribution in [2.45, 2.75) is 4.90 Å². The maximum Gasteiger partial charge on any atom is 0.234 e. The van der Waals surface area contributed by atoms with E-state index in [-0.39, 0.29) is 11.7 Å². The van der Waals surface area contributed by atoms with E-state index in [2.05, 4.69) is 5.32 Å². The van der Waals surface area contributed by atoms with Crippen molar-refractivity contribution in [1.82, 2.24) is 0 Å². The molecule has 1 amide bonds. The smallest absolute Gasteiger partial charge is 0.234 e. The highest BCUT2D eigenvalue weighted by molar-refractivity contribution is 8.00. The molecule has 2 rings (SSSR count). The highest BCUT2D eigenvalue weighted by Crippen LogP contribution is 2.26. The number of hydrogen-bond acceptors (Lipinski definition) is 3.